The molecule has 1 fully saturated rings. The van der Waals surface area contributed by atoms with E-state index in [0.29, 0.717) is 12.5 Å². The minimum atomic E-state index is -0.180. The lowest BCUT2D eigenvalue weighted by molar-refractivity contribution is 0.202. The number of tetrazole rings is 1. The van der Waals surface area contributed by atoms with Gasteiger partial charge in [-0.25, -0.2) is 4.68 Å². The molecule has 0 bridgehead atoms. The van der Waals surface area contributed by atoms with E-state index < -0.39 is 0 Å². The van der Waals surface area contributed by atoms with Crippen LogP contribution in [0, 0.1) is 5.92 Å². The van der Waals surface area contributed by atoms with Crippen LogP contribution in [-0.4, -0.2) is 52.1 Å². The fraction of sp³-hybridized carbons (Fsp3) is 0.611. The number of anilines is 1. The normalized spacial score (nSPS) is 16.2. The van der Waals surface area contributed by atoms with Crippen LogP contribution in [-0.2, 0) is 12.0 Å². The number of rotatable bonds is 6. The van der Waals surface area contributed by atoms with Gasteiger partial charge in [0, 0.05) is 30.7 Å². The predicted octanol–water partition coefficient (Wildman–Crippen LogP) is 1.87. The number of hydrogen-bond donors (Lipinski definition) is 1. The minimum Gasteiger partial charge on any atom is -0.496 e. The number of aliphatic hydroxyl groups excluding tert-OH is 1. The molecule has 1 saturated heterocycles. The predicted molar refractivity (Wildman–Crippen MR) is 95.9 cm³/mol. The van der Waals surface area contributed by atoms with Gasteiger partial charge >= 0.3 is 0 Å². The molecule has 3 rings (SSSR count). The van der Waals surface area contributed by atoms with E-state index in [1.807, 2.05) is 22.9 Å². The summed E-state index contributed by atoms with van der Waals surface area (Å²) < 4.78 is 7.41. The molecule has 1 aliphatic heterocycles. The van der Waals surface area contributed by atoms with E-state index in [2.05, 4.69) is 40.3 Å². The van der Waals surface area contributed by atoms with Gasteiger partial charge in [-0.1, -0.05) is 37.1 Å². The molecule has 1 aliphatic rings. The van der Waals surface area contributed by atoms with E-state index in [1.54, 1.807) is 7.11 Å². The van der Waals surface area contributed by atoms with Crippen LogP contribution in [0.1, 0.15) is 32.3 Å². The molecule has 0 aliphatic carbocycles. The molecular weight excluding hydrogens is 318 g/mol. The molecule has 2 aromatic rings. The second-order valence-corrected chi connectivity index (χ2v) is 7.33. The van der Waals surface area contributed by atoms with Crippen molar-refractivity contribution >= 4 is 5.95 Å². The lowest BCUT2D eigenvalue weighted by Gasteiger charge is -2.33. The Kier molecular flexibility index (Phi) is 5.22. The van der Waals surface area contributed by atoms with Gasteiger partial charge < -0.3 is 14.7 Å². The summed E-state index contributed by atoms with van der Waals surface area (Å²) in [5.74, 6) is 2.08. The Morgan fingerprint density at radius 3 is 2.64 bits per heavy atom. The Balaban J connectivity index is 1.79. The number of para-hydroxylation sites is 1. The van der Waals surface area contributed by atoms with Gasteiger partial charge in [-0.3, -0.25) is 0 Å². The first-order valence-corrected chi connectivity index (χ1v) is 8.80. The molecule has 136 valence electrons. The summed E-state index contributed by atoms with van der Waals surface area (Å²) in [5.41, 5.74) is 0.957. The molecule has 25 heavy (non-hydrogen) atoms. The number of methoxy groups -OCH3 is 1. The van der Waals surface area contributed by atoms with Crippen molar-refractivity contribution in [2.24, 2.45) is 5.92 Å². The fourth-order valence-electron chi connectivity index (χ4n) is 3.51. The molecule has 0 unspecified atom stereocenters. The van der Waals surface area contributed by atoms with Crippen molar-refractivity contribution in [3.8, 4) is 5.75 Å². The van der Waals surface area contributed by atoms with Gasteiger partial charge in [0.2, 0.25) is 5.95 Å². The summed E-state index contributed by atoms with van der Waals surface area (Å²) in [6.07, 6.45) is 1.94. The zero-order valence-electron chi connectivity index (χ0n) is 15.2. The second-order valence-electron chi connectivity index (χ2n) is 7.33. The van der Waals surface area contributed by atoms with Crippen LogP contribution in [0.25, 0.3) is 0 Å². The van der Waals surface area contributed by atoms with Gasteiger partial charge in [0.1, 0.15) is 5.75 Å². The summed E-state index contributed by atoms with van der Waals surface area (Å²) in [6.45, 7) is 7.03. The van der Waals surface area contributed by atoms with Crippen LogP contribution in [0.4, 0.5) is 5.95 Å². The number of hydrogen-bond acceptors (Lipinski definition) is 6. The van der Waals surface area contributed by atoms with E-state index in [-0.39, 0.29) is 12.0 Å². The lowest BCUT2D eigenvalue weighted by atomic mass is 9.84. The first-order chi connectivity index (χ1) is 12.0. The van der Waals surface area contributed by atoms with Crippen molar-refractivity contribution in [2.75, 3.05) is 31.7 Å². The van der Waals surface area contributed by atoms with Crippen molar-refractivity contribution in [3.63, 3.8) is 0 Å². The van der Waals surface area contributed by atoms with Crippen molar-refractivity contribution in [2.45, 2.75) is 38.6 Å². The molecular formula is C18H27N5O2. The van der Waals surface area contributed by atoms with Gasteiger partial charge in [-0.15, -0.1) is 0 Å². The molecule has 7 nitrogen and oxygen atoms in total. The maximum absolute atomic E-state index is 9.31. The second kappa shape index (κ2) is 7.39. The van der Waals surface area contributed by atoms with Gasteiger partial charge in [0.25, 0.3) is 0 Å². The number of ether oxygens (including phenoxy) is 1. The highest BCUT2D eigenvalue weighted by atomic mass is 16.5. The first kappa shape index (κ1) is 17.7. The van der Waals surface area contributed by atoms with Gasteiger partial charge in [0.15, 0.2) is 0 Å². The van der Waals surface area contributed by atoms with Gasteiger partial charge in [0.05, 0.1) is 13.7 Å². The quantitative estimate of drug-likeness (QED) is 0.861. The third kappa shape index (κ3) is 3.76. The van der Waals surface area contributed by atoms with Crippen LogP contribution in [0.3, 0.4) is 0 Å². The highest BCUT2D eigenvalue weighted by Gasteiger charge is 2.29. The average Bonchev–Trinajstić information content (AvgIpc) is 3.09. The molecule has 0 saturated carbocycles. The highest BCUT2D eigenvalue weighted by molar-refractivity contribution is 5.39. The average molecular weight is 345 g/mol. The standard InChI is InChI=1S/C18H27N5O2/c1-18(2,15-6-4-5-7-16(15)25-3)13-23-17(19-20-21-23)22-10-8-14(12-24)9-11-22/h4-7,14,24H,8-13H2,1-3H3. The number of nitrogens with zero attached hydrogens (tertiary/aromatic N) is 5. The summed E-state index contributed by atoms with van der Waals surface area (Å²) in [7, 11) is 1.70. The monoisotopic (exact) mass is 345 g/mol. The summed E-state index contributed by atoms with van der Waals surface area (Å²) in [6, 6.07) is 8.08. The van der Waals surface area contributed by atoms with Crippen LogP contribution in [0.2, 0.25) is 0 Å². The van der Waals surface area contributed by atoms with E-state index in [9.17, 15) is 5.11 Å². The maximum Gasteiger partial charge on any atom is 0.245 e. The zero-order valence-corrected chi connectivity index (χ0v) is 15.2. The Hall–Kier alpha value is -2.15. The van der Waals surface area contributed by atoms with Crippen LogP contribution in [0.15, 0.2) is 24.3 Å². The lowest BCUT2D eigenvalue weighted by Crippen LogP contribution is -2.37. The number of benzene rings is 1. The smallest absolute Gasteiger partial charge is 0.245 e. The summed E-state index contributed by atoms with van der Waals surface area (Å²) >= 11 is 0. The number of aromatic nitrogens is 4. The molecule has 1 aromatic heterocycles. The van der Waals surface area contributed by atoms with Gasteiger partial charge in [-0.2, -0.15) is 0 Å². The van der Waals surface area contributed by atoms with Crippen molar-refractivity contribution in [1.82, 2.24) is 20.2 Å². The van der Waals surface area contributed by atoms with E-state index in [1.165, 1.54) is 0 Å². The molecule has 0 amide bonds. The number of piperidine rings is 1. The van der Waals surface area contributed by atoms with Gasteiger partial charge in [-0.05, 0) is 35.3 Å². The molecule has 1 aromatic carbocycles. The van der Waals surface area contributed by atoms with Crippen LogP contribution in [0.5, 0.6) is 5.75 Å². The molecule has 1 N–H and O–H groups in total. The first-order valence-electron chi connectivity index (χ1n) is 8.80. The zero-order chi connectivity index (χ0) is 17.9. The third-order valence-electron chi connectivity index (χ3n) is 5.05. The Morgan fingerprint density at radius 1 is 1.24 bits per heavy atom. The Morgan fingerprint density at radius 2 is 1.96 bits per heavy atom. The van der Waals surface area contributed by atoms with E-state index >= 15 is 0 Å². The summed E-state index contributed by atoms with van der Waals surface area (Å²) in [5, 5.41) is 21.7. The van der Waals surface area contributed by atoms with Crippen molar-refractivity contribution in [1.29, 1.82) is 0 Å². The largest absolute Gasteiger partial charge is 0.496 e. The van der Waals surface area contributed by atoms with E-state index in [0.717, 1.165) is 43.2 Å². The molecule has 0 radical (unpaired) electrons. The molecule has 0 spiro atoms. The van der Waals surface area contributed by atoms with Crippen LogP contribution >= 0.6 is 0 Å². The Bertz CT molecular complexity index is 692. The molecule has 0 atom stereocenters. The maximum atomic E-state index is 9.31. The highest BCUT2D eigenvalue weighted by Crippen LogP contribution is 2.33. The summed E-state index contributed by atoms with van der Waals surface area (Å²) in [4.78, 5) is 2.21. The van der Waals surface area contributed by atoms with Crippen molar-refractivity contribution in [3.05, 3.63) is 29.8 Å². The molecule has 2 heterocycles. The van der Waals surface area contributed by atoms with E-state index in [4.69, 9.17) is 4.74 Å². The fourth-order valence-corrected chi connectivity index (χ4v) is 3.51. The molecule has 7 heteroatoms. The van der Waals surface area contributed by atoms with Crippen molar-refractivity contribution < 1.29 is 9.84 Å². The third-order valence-corrected chi connectivity index (χ3v) is 5.05. The minimum absolute atomic E-state index is 0.180. The number of aliphatic hydroxyl groups is 1. The SMILES string of the molecule is COc1ccccc1C(C)(C)Cn1nnnc1N1CCC(CO)CC1. The topological polar surface area (TPSA) is 76.3 Å². The Labute approximate surface area is 148 Å². The van der Waals surface area contributed by atoms with Crippen LogP contribution < -0.4 is 9.64 Å².